The van der Waals surface area contributed by atoms with Crippen LogP contribution in [0.3, 0.4) is 0 Å². The molecule has 0 amide bonds. The van der Waals surface area contributed by atoms with Crippen LogP contribution in [0, 0.1) is 17.8 Å². The second kappa shape index (κ2) is 4.62. The lowest BCUT2D eigenvalue weighted by Gasteiger charge is -2.34. The van der Waals surface area contributed by atoms with Gasteiger partial charge in [-0.15, -0.1) is 11.3 Å². The largest absolute Gasteiger partial charge is 0.386 e. The average Bonchev–Trinajstić information content (AvgIpc) is 2.74. The highest BCUT2D eigenvalue weighted by Gasteiger charge is 2.30. The van der Waals surface area contributed by atoms with Gasteiger partial charge in [0.2, 0.25) is 0 Å². The summed E-state index contributed by atoms with van der Waals surface area (Å²) in [7, 11) is 0. The topological polar surface area (TPSA) is 33.1 Å². The molecule has 1 heterocycles. The normalized spacial score (nSPS) is 33.9. The molecule has 84 valence electrons. The zero-order valence-corrected chi connectivity index (χ0v) is 10.2. The Kier molecular flexibility index (Phi) is 3.42. The summed E-state index contributed by atoms with van der Waals surface area (Å²) in [6.07, 6.45) is 3.18. The van der Waals surface area contributed by atoms with Crippen molar-refractivity contribution in [2.45, 2.75) is 39.2 Å². The highest BCUT2D eigenvalue weighted by atomic mass is 32.1. The van der Waals surface area contributed by atoms with Gasteiger partial charge < -0.3 is 5.11 Å². The molecule has 1 N–H and O–H groups in total. The summed E-state index contributed by atoms with van der Waals surface area (Å²) in [6.45, 7) is 4.61. The summed E-state index contributed by atoms with van der Waals surface area (Å²) >= 11 is 1.56. The fourth-order valence-corrected chi connectivity index (χ4v) is 3.07. The van der Waals surface area contributed by atoms with Crippen molar-refractivity contribution in [2.75, 3.05) is 0 Å². The molecule has 0 spiro atoms. The first-order valence-electron chi connectivity index (χ1n) is 5.74. The van der Waals surface area contributed by atoms with Gasteiger partial charge in [-0.05, 0) is 30.6 Å². The van der Waals surface area contributed by atoms with E-state index < -0.39 is 0 Å². The van der Waals surface area contributed by atoms with E-state index in [0.29, 0.717) is 5.92 Å². The molecule has 0 aliphatic heterocycles. The molecular formula is C12H19NOS. The molecule has 4 unspecified atom stereocenters. The standard InChI is InChI=1S/C12H19NOS/c1-8-3-4-10(5-9(8)2)12(14)11-6-15-7-13-11/h6-10,12,14H,3-5H2,1-2H3. The van der Waals surface area contributed by atoms with Gasteiger partial charge in [-0.2, -0.15) is 0 Å². The predicted octanol–water partition coefficient (Wildman–Crippen LogP) is 3.25. The van der Waals surface area contributed by atoms with Crippen molar-refractivity contribution in [1.29, 1.82) is 0 Å². The molecule has 0 radical (unpaired) electrons. The molecule has 3 heteroatoms. The highest BCUT2D eigenvalue weighted by molar-refractivity contribution is 7.07. The van der Waals surface area contributed by atoms with E-state index in [1.54, 1.807) is 16.8 Å². The Morgan fingerprint density at radius 2 is 2.20 bits per heavy atom. The lowest BCUT2D eigenvalue weighted by molar-refractivity contribution is 0.0536. The molecule has 1 aliphatic carbocycles. The molecule has 4 atom stereocenters. The van der Waals surface area contributed by atoms with E-state index >= 15 is 0 Å². The minimum Gasteiger partial charge on any atom is -0.386 e. The molecule has 0 saturated heterocycles. The first-order chi connectivity index (χ1) is 7.18. The van der Waals surface area contributed by atoms with E-state index in [0.717, 1.165) is 30.4 Å². The molecule has 1 saturated carbocycles. The Morgan fingerprint density at radius 3 is 2.80 bits per heavy atom. The molecule has 15 heavy (non-hydrogen) atoms. The third-order valence-electron chi connectivity index (χ3n) is 3.84. The van der Waals surface area contributed by atoms with Crippen LogP contribution < -0.4 is 0 Å². The maximum absolute atomic E-state index is 10.2. The summed E-state index contributed by atoms with van der Waals surface area (Å²) < 4.78 is 0. The average molecular weight is 225 g/mol. The number of aliphatic hydroxyl groups excluding tert-OH is 1. The maximum atomic E-state index is 10.2. The van der Waals surface area contributed by atoms with E-state index in [1.807, 2.05) is 5.38 Å². The molecule has 1 aromatic rings. The highest BCUT2D eigenvalue weighted by Crippen LogP contribution is 2.39. The number of hydrogen-bond donors (Lipinski definition) is 1. The van der Waals surface area contributed by atoms with Crippen molar-refractivity contribution in [1.82, 2.24) is 4.98 Å². The second-order valence-corrected chi connectivity index (χ2v) is 5.60. The van der Waals surface area contributed by atoms with E-state index in [9.17, 15) is 5.11 Å². The van der Waals surface area contributed by atoms with Crippen LogP contribution in [-0.2, 0) is 0 Å². The number of nitrogens with zero attached hydrogens (tertiary/aromatic N) is 1. The van der Waals surface area contributed by atoms with Gasteiger partial charge in [-0.25, -0.2) is 4.98 Å². The summed E-state index contributed by atoms with van der Waals surface area (Å²) in [4.78, 5) is 4.20. The molecule has 2 nitrogen and oxygen atoms in total. The van der Waals surface area contributed by atoms with Crippen LogP contribution in [0.15, 0.2) is 10.9 Å². The molecule has 1 fully saturated rings. The van der Waals surface area contributed by atoms with Crippen molar-refractivity contribution in [3.63, 3.8) is 0 Å². The lowest BCUT2D eigenvalue weighted by atomic mass is 9.73. The van der Waals surface area contributed by atoms with Crippen molar-refractivity contribution in [3.05, 3.63) is 16.6 Å². The first kappa shape index (κ1) is 11.1. The van der Waals surface area contributed by atoms with Gasteiger partial charge in [0.25, 0.3) is 0 Å². The van der Waals surface area contributed by atoms with Gasteiger partial charge in [-0.3, -0.25) is 0 Å². The minimum absolute atomic E-state index is 0.341. The zero-order valence-electron chi connectivity index (χ0n) is 9.39. The van der Waals surface area contributed by atoms with E-state index in [4.69, 9.17) is 0 Å². The number of rotatable bonds is 2. The Balaban J connectivity index is 2.00. The third kappa shape index (κ3) is 2.40. The first-order valence-corrected chi connectivity index (χ1v) is 6.69. The molecular weight excluding hydrogens is 206 g/mol. The molecule has 0 aromatic carbocycles. The van der Waals surface area contributed by atoms with Gasteiger partial charge in [0, 0.05) is 5.38 Å². The fraction of sp³-hybridized carbons (Fsp3) is 0.750. The Hall–Kier alpha value is -0.410. The van der Waals surface area contributed by atoms with Gasteiger partial charge >= 0.3 is 0 Å². The van der Waals surface area contributed by atoms with Crippen molar-refractivity contribution >= 4 is 11.3 Å². The lowest BCUT2D eigenvalue weighted by Crippen LogP contribution is -2.25. The minimum atomic E-state index is -0.341. The SMILES string of the molecule is CC1CCC(C(O)c2cscn2)CC1C. The van der Waals surface area contributed by atoms with E-state index in [-0.39, 0.29) is 6.10 Å². The molecule has 0 bridgehead atoms. The Morgan fingerprint density at radius 1 is 1.40 bits per heavy atom. The van der Waals surface area contributed by atoms with Gasteiger partial charge in [0.1, 0.15) is 0 Å². The smallest absolute Gasteiger partial charge is 0.0996 e. The predicted molar refractivity (Wildman–Crippen MR) is 62.7 cm³/mol. The monoisotopic (exact) mass is 225 g/mol. The van der Waals surface area contributed by atoms with Crippen LogP contribution in [0.1, 0.15) is 44.9 Å². The zero-order chi connectivity index (χ0) is 10.8. The Bertz CT molecular complexity index is 299. The van der Waals surface area contributed by atoms with Crippen molar-refractivity contribution in [3.8, 4) is 0 Å². The maximum Gasteiger partial charge on any atom is 0.0996 e. The summed E-state index contributed by atoms with van der Waals surface area (Å²) in [5, 5.41) is 12.1. The van der Waals surface area contributed by atoms with Crippen molar-refractivity contribution < 1.29 is 5.11 Å². The Labute approximate surface area is 95.4 Å². The molecule has 2 rings (SSSR count). The quantitative estimate of drug-likeness (QED) is 0.838. The van der Waals surface area contributed by atoms with Crippen LogP contribution >= 0.6 is 11.3 Å². The van der Waals surface area contributed by atoms with E-state index in [1.165, 1.54) is 6.42 Å². The van der Waals surface area contributed by atoms with Crippen LogP contribution in [-0.4, -0.2) is 10.1 Å². The molecule has 1 aliphatic rings. The second-order valence-electron chi connectivity index (χ2n) is 4.89. The van der Waals surface area contributed by atoms with Gasteiger partial charge in [0.05, 0.1) is 17.3 Å². The van der Waals surface area contributed by atoms with Crippen LogP contribution in [0.25, 0.3) is 0 Å². The van der Waals surface area contributed by atoms with Gasteiger partial charge in [0.15, 0.2) is 0 Å². The number of thiazole rings is 1. The summed E-state index contributed by atoms with van der Waals surface area (Å²) in [5.41, 5.74) is 2.67. The number of aliphatic hydroxyl groups is 1. The van der Waals surface area contributed by atoms with Gasteiger partial charge in [-0.1, -0.05) is 20.3 Å². The number of hydrogen-bond acceptors (Lipinski definition) is 3. The van der Waals surface area contributed by atoms with Crippen LogP contribution in [0.5, 0.6) is 0 Å². The van der Waals surface area contributed by atoms with E-state index in [2.05, 4.69) is 18.8 Å². The van der Waals surface area contributed by atoms with Crippen LogP contribution in [0.2, 0.25) is 0 Å². The summed E-state index contributed by atoms with van der Waals surface area (Å²) in [6, 6.07) is 0. The summed E-state index contributed by atoms with van der Waals surface area (Å²) in [5.74, 6) is 1.96. The fourth-order valence-electron chi connectivity index (χ4n) is 2.49. The molecule has 1 aromatic heterocycles. The van der Waals surface area contributed by atoms with Crippen LogP contribution in [0.4, 0.5) is 0 Å². The number of aromatic nitrogens is 1. The van der Waals surface area contributed by atoms with Crippen molar-refractivity contribution in [2.24, 2.45) is 17.8 Å². The third-order valence-corrected chi connectivity index (χ3v) is 4.44.